The Balaban J connectivity index is -0.00000000615. The molecule has 0 saturated carbocycles. The molecule has 13 nitrogen and oxygen atoms in total. The molecule has 18 heteroatoms. The Morgan fingerprint density at radius 1 is 0.500 bits per heavy atom. The fraction of sp³-hybridized carbons (Fsp3) is 0. The second kappa shape index (κ2) is 30.8. The fourth-order valence-electron chi connectivity index (χ4n) is 0. The Morgan fingerprint density at radius 2 is 0.500 bits per heavy atom. The minimum Gasteiger partial charge on any atom is -0.759 e. The zero-order valence-corrected chi connectivity index (χ0v) is 12.6. The first kappa shape index (κ1) is 75.6. The van der Waals surface area contributed by atoms with Crippen molar-refractivity contribution in [1.29, 1.82) is 0 Å². The van der Waals surface area contributed by atoms with Gasteiger partial charge in [-0.1, -0.05) is 0 Å². The summed E-state index contributed by atoms with van der Waals surface area (Å²) in [5, 5.41) is 0. The molecule has 126 valence electrons. The first-order valence-electron chi connectivity index (χ1n) is 1.33. The van der Waals surface area contributed by atoms with E-state index in [0.717, 1.165) is 0 Å². The van der Waals surface area contributed by atoms with Gasteiger partial charge in [0.15, 0.2) is 0 Å². The summed E-state index contributed by atoms with van der Waals surface area (Å²) < 4.78 is 68.2. The van der Waals surface area contributed by atoms with Crippen LogP contribution >= 0.6 is 0 Å². The van der Waals surface area contributed by atoms with Gasteiger partial charge in [-0.2, -0.15) is 0 Å². The molecule has 0 atom stereocenters. The van der Waals surface area contributed by atoms with Crippen LogP contribution in [0.5, 0.6) is 0 Å². The summed E-state index contributed by atoms with van der Waals surface area (Å²) in [5.74, 6) is 0. The van der Waals surface area contributed by atoms with Crippen molar-refractivity contribution in [2.24, 2.45) is 0 Å². The van der Waals surface area contributed by atoms with Crippen LogP contribution in [0.25, 0.3) is 0 Å². The van der Waals surface area contributed by atoms with Crippen molar-refractivity contribution < 1.29 is 114 Å². The maximum Gasteiger partial charge on any atom is 2.00 e. The summed E-state index contributed by atoms with van der Waals surface area (Å²) in [7, 11) is -10.3. The molecule has 0 aliphatic rings. The Labute approximate surface area is 134 Å². The van der Waals surface area contributed by atoms with Crippen LogP contribution in [0.3, 0.4) is 0 Å². The predicted octanol–water partition coefficient (Wildman–Crippen LogP) is -6.81. The third-order valence-corrected chi connectivity index (χ3v) is 0. The van der Waals surface area contributed by atoms with Gasteiger partial charge in [0.2, 0.25) is 0 Å². The average Bonchev–Trinajstić information content (AvgIpc) is 1.12. The molecule has 0 aromatic rings. The number of hydrogen-bond acceptors (Lipinski definition) is 8. The zero-order chi connectivity index (χ0) is 9.00. The van der Waals surface area contributed by atoms with Gasteiger partial charge in [0.05, 0.1) is 0 Å². The van der Waals surface area contributed by atoms with Crippen LogP contribution in [0.4, 0.5) is 0 Å². The molecule has 10 N–H and O–H groups in total. The summed E-state index contributed by atoms with van der Waals surface area (Å²) >= 11 is 0. The summed E-state index contributed by atoms with van der Waals surface area (Å²) in [6, 6.07) is 0. The summed E-state index contributed by atoms with van der Waals surface area (Å²) in [5.41, 5.74) is 0. The smallest absolute Gasteiger partial charge is 0.759 e. The SMILES string of the molecule is O.O.O.O.O.O=S(=O)([O-])[O-].O=S(=O)([O-])[O-].[Fe+2].[Fe].[Fe]. The van der Waals surface area contributed by atoms with Crippen molar-refractivity contribution in [3.8, 4) is 0 Å². The summed E-state index contributed by atoms with van der Waals surface area (Å²) in [6.07, 6.45) is 0. The third kappa shape index (κ3) is 3670. The van der Waals surface area contributed by atoms with Gasteiger partial charge < -0.3 is 45.6 Å². The number of hydrogen-bond donors (Lipinski definition) is 0. The van der Waals surface area contributed by atoms with Crippen molar-refractivity contribution >= 4 is 20.8 Å². The molecule has 0 amide bonds. The fourth-order valence-corrected chi connectivity index (χ4v) is 0. The van der Waals surface area contributed by atoms with Gasteiger partial charge in [-0.15, -0.1) is 0 Å². The standard InChI is InChI=1S/3Fe.2H2O4S.5H2O/c;;;2*1-5(2,3)4;;;;;/h;;;2*(H2,1,2,3,4);5*1H2/q;;+2;;;;;;;/p-4. The molecule has 0 radical (unpaired) electrons. The molecule has 0 heterocycles. The second-order valence-corrected chi connectivity index (χ2v) is 2.45. The molecular weight excluding hydrogens is 440 g/mol. The predicted molar refractivity (Wildman–Crippen MR) is 39.0 cm³/mol. The third-order valence-electron chi connectivity index (χ3n) is 0. The van der Waals surface area contributed by atoms with E-state index in [0.29, 0.717) is 0 Å². The zero-order valence-electron chi connectivity index (χ0n) is 7.64. The van der Waals surface area contributed by atoms with Crippen LogP contribution in [0.2, 0.25) is 0 Å². The molecule has 0 bridgehead atoms. The molecule has 0 fully saturated rings. The van der Waals surface area contributed by atoms with Crippen LogP contribution in [-0.4, -0.2) is 62.4 Å². The molecule has 0 aromatic carbocycles. The molecule has 18 heavy (non-hydrogen) atoms. The number of rotatable bonds is 0. The van der Waals surface area contributed by atoms with Crippen LogP contribution in [0, 0.1) is 0 Å². The average molecular weight is 450 g/mol. The molecule has 0 aliphatic carbocycles. The second-order valence-electron chi connectivity index (χ2n) is 0.816. The Morgan fingerprint density at radius 3 is 0.500 bits per heavy atom. The van der Waals surface area contributed by atoms with E-state index < -0.39 is 20.8 Å². The normalized spacial score (nSPS) is 6.44. The first-order chi connectivity index (χ1) is 4.00. The van der Waals surface area contributed by atoms with E-state index >= 15 is 0 Å². The maximum absolute atomic E-state index is 8.52. The van der Waals surface area contributed by atoms with E-state index in [9.17, 15) is 0 Å². The van der Waals surface area contributed by atoms with Crippen molar-refractivity contribution in [2.45, 2.75) is 0 Å². The van der Waals surface area contributed by atoms with E-state index in [4.69, 9.17) is 35.0 Å². The van der Waals surface area contributed by atoms with Crippen molar-refractivity contribution in [2.75, 3.05) is 0 Å². The molecule has 0 unspecified atom stereocenters. The van der Waals surface area contributed by atoms with Crippen molar-refractivity contribution in [3.63, 3.8) is 0 Å². The van der Waals surface area contributed by atoms with Crippen LogP contribution < -0.4 is 0 Å². The first-order valence-corrected chi connectivity index (χ1v) is 4.00. The maximum atomic E-state index is 8.52. The van der Waals surface area contributed by atoms with E-state index in [1.807, 2.05) is 0 Å². The minimum absolute atomic E-state index is 0. The van der Waals surface area contributed by atoms with Gasteiger partial charge in [0.1, 0.15) is 0 Å². The molecule has 0 rings (SSSR count). The summed E-state index contributed by atoms with van der Waals surface area (Å²) in [4.78, 5) is 0. The Hall–Kier alpha value is 1.10. The van der Waals surface area contributed by atoms with Crippen LogP contribution in [0.15, 0.2) is 0 Å². The Kier molecular flexibility index (Phi) is 129. The van der Waals surface area contributed by atoms with Crippen LogP contribution in [0.1, 0.15) is 0 Å². The quantitative estimate of drug-likeness (QED) is 0.193. The monoisotopic (exact) mass is 450 g/mol. The Bertz CT molecular complexity index is 217. The molecule has 0 spiro atoms. The van der Waals surface area contributed by atoms with Gasteiger partial charge in [-0.3, -0.25) is 16.8 Å². The van der Waals surface area contributed by atoms with E-state index in [-0.39, 0.29) is 78.6 Å². The van der Waals surface area contributed by atoms with Gasteiger partial charge in [0.25, 0.3) is 0 Å². The largest absolute Gasteiger partial charge is 2.00 e. The van der Waals surface area contributed by atoms with Crippen molar-refractivity contribution in [3.05, 3.63) is 0 Å². The van der Waals surface area contributed by atoms with Gasteiger partial charge >= 0.3 is 17.1 Å². The van der Waals surface area contributed by atoms with Crippen molar-refractivity contribution in [1.82, 2.24) is 0 Å². The minimum atomic E-state index is -5.17. The topological polar surface area (TPSA) is 318 Å². The van der Waals surface area contributed by atoms with Gasteiger partial charge in [-0.25, -0.2) is 0 Å². The van der Waals surface area contributed by atoms with Gasteiger partial charge in [0, 0.05) is 54.9 Å². The van der Waals surface area contributed by atoms with Gasteiger partial charge in [-0.05, 0) is 0 Å². The molecule has 0 aliphatic heterocycles. The van der Waals surface area contributed by atoms with E-state index in [1.54, 1.807) is 0 Å². The van der Waals surface area contributed by atoms with E-state index in [1.165, 1.54) is 0 Å². The van der Waals surface area contributed by atoms with Crippen LogP contribution in [-0.2, 0) is 72.0 Å². The van der Waals surface area contributed by atoms with E-state index in [2.05, 4.69) is 0 Å². The molecule has 0 saturated heterocycles. The molecular formula is H10Fe3O13S2-2. The molecule has 0 aromatic heterocycles. The summed E-state index contributed by atoms with van der Waals surface area (Å²) in [6.45, 7) is 0.